The number of aliphatic hydroxyl groups is 1. The monoisotopic (exact) mass is 224 g/mol. The molecule has 0 aliphatic carbocycles. The molecule has 1 unspecified atom stereocenters. The largest absolute Gasteiger partial charge is 0.395 e. The number of nitrogens with one attached hydrogen (secondary N) is 1. The topological polar surface area (TPSA) is 56.0 Å². The van der Waals surface area contributed by atoms with Crippen molar-refractivity contribution in [3.8, 4) is 6.07 Å². The van der Waals surface area contributed by atoms with Gasteiger partial charge in [0.25, 0.3) is 0 Å². The number of hydrogen-bond donors (Lipinski definition) is 2. The molecule has 0 aliphatic heterocycles. The summed E-state index contributed by atoms with van der Waals surface area (Å²) in [5, 5.41) is 21.1. The van der Waals surface area contributed by atoms with Gasteiger partial charge in [0.2, 0.25) is 0 Å². The van der Waals surface area contributed by atoms with Crippen molar-refractivity contribution in [2.75, 3.05) is 6.61 Å². The van der Waals surface area contributed by atoms with Gasteiger partial charge in [0, 0.05) is 17.5 Å². The van der Waals surface area contributed by atoms with Crippen molar-refractivity contribution in [3.05, 3.63) is 21.9 Å². The van der Waals surface area contributed by atoms with Crippen molar-refractivity contribution in [1.29, 1.82) is 5.26 Å². The molecule has 0 radical (unpaired) electrons. The highest BCUT2D eigenvalue weighted by molar-refractivity contribution is 7.12. The fraction of sp³-hybridized carbons (Fsp3) is 0.545. The van der Waals surface area contributed by atoms with Gasteiger partial charge in [-0.25, -0.2) is 0 Å². The van der Waals surface area contributed by atoms with E-state index < -0.39 is 0 Å². The molecule has 1 aromatic rings. The van der Waals surface area contributed by atoms with Crippen molar-refractivity contribution < 1.29 is 5.11 Å². The summed E-state index contributed by atoms with van der Waals surface area (Å²) >= 11 is 1.49. The van der Waals surface area contributed by atoms with Crippen LogP contribution >= 0.6 is 11.3 Å². The SMILES string of the molecule is CC(C)C(CO)NCc1ccc(C#N)s1. The molecule has 0 aliphatic rings. The lowest BCUT2D eigenvalue weighted by Crippen LogP contribution is -2.36. The number of nitrogens with zero attached hydrogens (tertiary/aromatic N) is 1. The number of nitriles is 1. The zero-order valence-electron chi connectivity index (χ0n) is 9.03. The van der Waals surface area contributed by atoms with Crippen LogP contribution in [0.3, 0.4) is 0 Å². The van der Waals surface area contributed by atoms with E-state index in [4.69, 9.17) is 10.4 Å². The van der Waals surface area contributed by atoms with Crippen LogP contribution < -0.4 is 5.32 Å². The third kappa shape index (κ3) is 3.63. The zero-order chi connectivity index (χ0) is 11.3. The Morgan fingerprint density at radius 1 is 1.53 bits per heavy atom. The maximum atomic E-state index is 9.11. The molecule has 1 heterocycles. The second-order valence-corrected chi connectivity index (χ2v) is 4.96. The highest BCUT2D eigenvalue weighted by atomic mass is 32.1. The van der Waals surface area contributed by atoms with Crippen LogP contribution in [0.4, 0.5) is 0 Å². The van der Waals surface area contributed by atoms with Crippen molar-refractivity contribution in [1.82, 2.24) is 5.32 Å². The number of thiophene rings is 1. The highest BCUT2D eigenvalue weighted by Crippen LogP contribution is 2.15. The predicted molar refractivity (Wildman–Crippen MR) is 61.6 cm³/mol. The Hall–Kier alpha value is -0.890. The molecule has 15 heavy (non-hydrogen) atoms. The average molecular weight is 224 g/mol. The molecular formula is C11H16N2OS. The van der Waals surface area contributed by atoms with Crippen LogP contribution in [0.25, 0.3) is 0 Å². The summed E-state index contributed by atoms with van der Waals surface area (Å²) in [4.78, 5) is 1.86. The summed E-state index contributed by atoms with van der Waals surface area (Å²) in [6.07, 6.45) is 0. The minimum atomic E-state index is 0.123. The summed E-state index contributed by atoms with van der Waals surface area (Å²) in [6, 6.07) is 6.01. The molecule has 0 aromatic carbocycles. The van der Waals surface area contributed by atoms with E-state index >= 15 is 0 Å². The molecule has 0 spiro atoms. The molecule has 1 aromatic heterocycles. The van der Waals surface area contributed by atoms with Gasteiger partial charge in [-0.2, -0.15) is 5.26 Å². The summed E-state index contributed by atoms with van der Waals surface area (Å²) in [5.41, 5.74) is 0. The summed E-state index contributed by atoms with van der Waals surface area (Å²) in [6.45, 7) is 5.01. The molecule has 1 rings (SSSR count). The molecular weight excluding hydrogens is 208 g/mol. The van der Waals surface area contributed by atoms with Gasteiger partial charge in [-0.05, 0) is 18.1 Å². The van der Waals surface area contributed by atoms with Gasteiger partial charge in [0.15, 0.2) is 0 Å². The van der Waals surface area contributed by atoms with Crippen molar-refractivity contribution in [2.45, 2.75) is 26.4 Å². The van der Waals surface area contributed by atoms with E-state index in [-0.39, 0.29) is 12.6 Å². The first-order valence-corrected chi connectivity index (χ1v) is 5.82. The van der Waals surface area contributed by atoms with E-state index in [1.54, 1.807) is 0 Å². The maximum Gasteiger partial charge on any atom is 0.110 e. The predicted octanol–water partition coefficient (Wildman–Crippen LogP) is 1.73. The normalized spacial score (nSPS) is 12.7. The molecule has 0 fully saturated rings. The molecule has 0 bridgehead atoms. The Morgan fingerprint density at radius 2 is 2.27 bits per heavy atom. The average Bonchev–Trinajstić information content (AvgIpc) is 2.66. The number of aliphatic hydroxyl groups excluding tert-OH is 1. The fourth-order valence-electron chi connectivity index (χ4n) is 1.28. The Morgan fingerprint density at radius 3 is 2.73 bits per heavy atom. The van der Waals surface area contributed by atoms with Crippen LogP contribution in [-0.4, -0.2) is 17.8 Å². The quantitative estimate of drug-likeness (QED) is 0.800. The molecule has 0 saturated carbocycles. The first-order valence-electron chi connectivity index (χ1n) is 5.00. The van der Waals surface area contributed by atoms with Gasteiger partial charge in [0.1, 0.15) is 10.9 Å². The zero-order valence-corrected chi connectivity index (χ0v) is 9.84. The van der Waals surface area contributed by atoms with E-state index in [2.05, 4.69) is 25.2 Å². The van der Waals surface area contributed by atoms with Crippen molar-refractivity contribution in [3.63, 3.8) is 0 Å². The van der Waals surface area contributed by atoms with Crippen molar-refractivity contribution >= 4 is 11.3 Å². The lowest BCUT2D eigenvalue weighted by molar-refractivity contribution is 0.210. The van der Waals surface area contributed by atoms with E-state index in [0.717, 1.165) is 16.3 Å². The van der Waals surface area contributed by atoms with Gasteiger partial charge in [-0.3, -0.25) is 0 Å². The van der Waals surface area contributed by atoms with E-state index in [9.17, 15) is 0 Å². The minimum Gasteiger partial charge on any atom is -0.395 e. The van der Waals surface area contributed by atoms with E-state index in [1.807, 2.05) is 12.1 Å². The van der Waals surface area contributed by atoms with Crippen LogP contribution in [0.1, 0.15) is 23.6 Å². The molecule has 2 N–H and O–H groups in total. The lowest BCUT2D eigenvalue weighted by atomic mass is 10.1. The molecule has 4 heteroatoms. The summed E-state index contributed by atoms with van der Waals surface area (Å²) in [5.74, 6) is 0.408. The smallest absolute Gasteiger partial charge is 0.110 e. The fourth-order valence-corrected chi connectivity index (χ4v) is 2.03. The van der Waals surface area contributed by atoms with Crippen LogP contribution in [-0.2, 0) is 6.54 Å². The van der Waals surface area contributed by atoms with Crippen LogP contribution in [0, 0.1) is 17.2 Å². The van der Waals surface area contributed by atoms with Crippen LogP contribution in [0.15, 0.2) is 12.1 Å². The van der Waals surface area contributed by atoms with Crippen molar-refractivity contribution in [2.24, 2.45) is 5.92 Å². The number of rotatable bonds is 5. The van der Waals surface area contributed by atoms with Crippen LogP contribution in [0.2, 0.25) is 0 Å². The molecule has 0 amide bonds. The van der Waals surface area contributed by atoms with E-state index in [0.29, 0.717) is 5.92 Å². The Kier molecular flexibility index (Phi) is 4.76. The highest BCUT2D eigenvalue weighted by Gasteiger charge is 2.11. The second-order valence-electron chi connectivity index (χ2n) is 3.79. The van der Waals surface area contributed by atoms with Gasteiger partial charge >= 0.3 is 0 Å². The Labute approximate surface area is 94.4 Å². The Bertz CT molecular complexity index is 341. The minimum absolute atomic E-state index is 0.123. The lowest BCUT2D eigenvalue weighted by Gasteiger charge is -2.19. The second kappa shape index (κ2) is 5.86. The van der Waals surface area contributed by atoms with Gasteiger partial charge in [-0.1, -0.05) is 13.8 Å². The first-order chi connectivity index (χ1) is 7.17. The van der Waals surface area contributed by atoms with Gasteiger partial charge < -0.3 is 10.4 Å². The Balaban J connectivity index is 2.46. The molecule has 1 atom stereocenters. The summed E-state index contributed by atoms with van der Waals surface area (Å²) in [7, 11) is 0. The maximum absolute atomic E-state index is 9.11. The summed E-state index contributed by atoms with van der Waals surface area (Å²) < 4.78 is 0. The number of hydrogen-bond acceptors (Lipinski definition) is 4. The van der Waals surface area contributed by atoms with Gasteiger partial charge in [-0.15, -0.1) is 11.3 Å². The van der Waals surface area contributed by atoms with Crippen LogP contribution in [0.5, 0.6) is 0 Å². The standard InChI is InChI=1S/C11H16N2OS/c1-8(2)11(7-14)13-6-10-4-3-9(5-12)15-10/h3-4,8,11,13-14H,6-7H2,1-2H3. The molecule has 0 saturated heterocycles. The van der Waals surface area contributed by atoms with E-state index in [1.165, 1.54) is 11.3 Å². The molecule has 82 valence electrons. The third-order valence-electron chi connectivity index (χ3n) is 2.31. The molecule has 3 nitrogen and oxygen atoms in total. The third-order valence-corrected chi connectivity index (χ3v) is 3.30. The van der Waals surface area contributed by atoms with Gasteiger partial charge in [0.05, 0.1) is 6.61 Å². The first kappa shape index (κ1) is 12.2.